The van der Waals surface area contributed by atoms with Gasteiger partial charge in [0.2, 0.25) is 10.0 Å². The van der Waals surface area contributed by atoms with Crippen LogP contribution in [0.1, 0.15) is 10.5 Å². The predicted molar refractivity (Wildman–Crippen MR) is 87.8 cm³/mol. The summed E-state index contributed by atoms with van der Waals surface area (Å²) in [5.74, 6) is 1.40. The lowest BCUT2D eigenvalue weighted by Gasteiger charge is -2.24. The smallest absolute Gasteiger partial charge is 0.270 e. The summed E-state index contributed by atoms with van der Waals surface area (Å²) in [6.07, 6.45) is 1.40. The van der Waals surface area contributed by atoms with Crippen LogP contribution >= 0.6 is 11.8 Å². The maximum atomic E-state index is 12.5. The maximum Gasteiger partial charge on any atom is 0.270 e. The molecule has 0 unspecified atom stereocenters. The number of likely N-dealkylation sites (N-methyl/N-ethyl adjacent to an activating group) is 2. The van der Waals surface area contributed by atoms with Crippen LogP contribution in [0.4, 0.5) is 0 Å². The Labute approximate surface area is 135 Å². The van der Waals surface area contributed by atoms with Crippen molar-refractivity contribution in [2.45, 2.75) is 4.90 Å². The Balaban J connectivity index is 2.11. The average Bonchev–Trinajstić information content (AvgIpc) is 3.03. The highest BCUT2D eigenvalue weighted by atomic mass is 32.2. The molecule has 0 bridgehead atoms. The predicted octanol–water partition coefficient (Wildman–Crippen LogP) is 0.0436. The van der Waals surface area contributed by atoms with Crippen LogP contribution in [0.2, 0.25) is 0 Å². The van der Waals surface area contributed by atoms with Gasteiger partial charge in [0.05, 0.1) is 0 Å². The van der Waals surface area contributed by atoms with E-state index in [1.807, 2.05) is 7.05 Å². The van der Waals surface area contributed by atoms with Crippen molar-refractivity contribution < 1.29 is 13.2 Å². The molecule has 2 N–H and O–H groups in total. The summed E-state index contributed by atoms with van der Waals surface area (Å²) in [6, 6.07) is 1.43. The zero-order chi connectivity index (χ0) is 16.2. The Morgan fingerprint density at radius 1 is 1.45 bits per heavy atom. The van der Waals surface area contributed by atoms with E-state index < -0.39 is 10.0 Å². The maximum absolute atomic E-state index is 12.5. The summed E-state index contributed by atoms with van der Waals surface area (Å²) >= 11 is 1.75. The van der Waals surface area contributed by atoms with Crippen molar-refractivity contribution in [3.05, 3.63) is 18.0 Å². The molecule has 2 rings (SSSR count). The summed E-state index contributed by atoms with van der Waals surface area (Å²) in [4.78, 5) is 16.7. The van der Waals surface area contributed by atoms with Crippen molar-refractivity contribution >= 4 is 27.7 Å². The first kappa shape index (κ1) is 17.3. The average molecular weight is 346 g/mol. The third kappa shape index (κ3) is 3.83. The summed E-state index contributed by atoms with van der Waals surface area (Å²) in [5, 5.41) is 2.97. The lowest BCUT2D eigenvalue weighted by Crippen LogP contribution is -2.37. The van der Waals surface area contributed by atoms with Crippen molar-refractivity contribution in [3.63, 3.8) is 0 Å². The van der Waals surface area contributed by atoms with E-state index in [1.165, 1.54) is 16.6 Å². The summed E-state index contributed by atoms with van der Waals surface area (Å²) in [7, 11) is -0.00666. The normalized spacial score (nSPS) is 16.6. The highest BCUT2D eigenvalue weighted by molar-refractivity contribution is 7.99. The summed E-state index contributed by atoms with van der Waals surface area (Å²) < 4.78 is 26.5. The van der Waals surface area contributed by atoms with Crippen molar-refractivity contribution in [1.29, 1.82) is 0 Å². The monoisotopic (exact) mass is 346 g/mol. The first-order valence-electron chi connectivity index (χ1n) is 7.13. The van der Waals surface area contributed by atoms with Gasteiger partial charge in [-0.2, -0.15) is 16.1 Å². The quantitative estimate of drug-likeness (QED) is 0.760. The third-order valence-electron chi connectivity index (χ3n) is 3.54. The van der Waals surface area contributed by atoms with Crippen LogP contribution in [-0.4, -0.2) is 80.3 Å². The van der Waals surface area contributed by atoms with Crippen LogP contribution in [0.5, 0.6) is 0 Å². The van der Waals surface area contributed by atoms with Crippen molar-refractivity contribution in [3.8, 4) is 0 Å². The molecule has 1 saturated heterocycles. The lowest BCUT2D eigenvalue weighted by molar-refractivity contribution is 0.0791. The molecule has 1 aromatic heterocycles. The van der Waals surface area contributed by atoms with E-state index in [9.17, 15) is 13.2 Å². The van der Waals surface area contributed by atoms with Gasteiger partial charge in [0.15, 0.2) is 0 Å². The van der Waals surface area contributed by atoms with Gasteiger partial charge in [0.1, 0.15) is 10.6 Å². The van der Waals surface area contributed by atoms with Gasteiger partial charge in [-0.05, 0) is 13.1 Å². The van der Waals surface area contributed by atoms with Crippen LogP contribution < -0.4 is 5.32 Å². The molecule has 1 aromatic rings. The molecule has 7 nitrogen and oxygen atoms in total. The fraction of sp³-hybridized carbons (Fsp3) is 0.615. The number of carbonyl (C=O) groups is 1. The van der Waals surface area contributed by atoms with Crippen LogP contribution in [-0.2, 0) is 10.0 Å². The van der Waals surface area contributed by atoms with Crippen molar-refractivity contribution in [1.82, 2.24) is 19.5 Å². The summed E-state index contributed by atoms with van der Waals surface area (Å²) in [6.45, 7) is 2.27. The number of hydrogen-bond donors (Lipinski definition) is 2. The van der Waals surface area contributed by atoms with E-state index >= 15 is 0 Å². The van der Waals surface area contributed by atoms with E-state index in [4.69, 9.17) is 0 Å². The van der Waals surface area contributed by atoms with E-state index in [-0.39, 0.29) is 10.8 Å². The molecule has 0 aromatic carbocycles. The van der Waals surface area contributed by atoms with Gasteiger partial charge in [-0.25, -0.2) is 8.42 Å². The van der Waals surface area contributed by atoms with Gasteiger partial charge in [0.25, 0.3) is 5.91 Å². The fourth-order valence-electron chi connectivity index (χ4n) is 2.17. The Kier molecular flexibility index (Phi) is 5.90. The number of nitrogens with one attached hydrogen (secondary N) is 2. The molecule has 124 valence electrons. The van der Waals surface area contributed by atoms with Gasteiger partial charge < -0.3 is 15.2 Å². The van der Waals surface area contributed by atoms with Gasteiger partial charge in [-0.1, -0.05) is 0 Å². The topological polar surface area (TPSA) is 85.5 Å². The zero-order valence-electron chi connectivity index (χ0n) is 12.8. The Hall–Kier alpha value is -1.03. The van der Waals surface area contributed by atoms with Gasteiger partial charge >= 0.3 is 0 Å². The van der Waals surface area contributed by atoms with Gasteiger partial charge in [-0.15, -0.1) is 0 Å². The first-order chi connectivity index (χ1) is 10.5. The number of carbonyl (C=O) groups excluding carboxylic acids is 1. The first-order valence-corrected chi connectivity index (χ1v) is 9.72. The van der Waals surface area contributed by atoms with E-state index in [2.05, 4.69) is 10.3 Å². The standard InChI is InChI=1S/C13H22N4O3S2/c1-14-3-4-16(2)13(18)12-9-11(10-15-12)22(19,20)17-5-7-21-8-6-17/h9-10,14-15H,3-8H2,1-2H3. The molecule has 1 amide bonds. The van der Waals surface area contributed by atoms with Crippen molar-refractivity contribution in [2.75, 3.05) is 51.8 Å². The largest absolute Gasteiger partial charge is 0.356 e. The number of rotatable bonds is 6. The molecular formula is C13H22N4O3S2. The highest BCUT2D eigenvalue weighted by Gasteiger charge is 2.28. The number of sulfonamides is 1. The molecule has 0 atom stereocenters. The van der Waals surface area contributed by atoms with Crippen LogP contribution in [0.3, 0.4) is 0 Å². The van der Waals surface area contributed by atoms with Gasteiger partial charge in [0, 0.05) is 50.9 Å². The molecule has 22 heavy (non-hydrogen) atoms. The Morgan fingerprint density at radius 3 is 2.77 bits per heavy atom. The molecule has 1 aliphatic rings. The molecule has 0 spiro atoms. The molecular weight excluding hydrogens is 324 g/mol. The molecule has 0 aliphatic carbocycles. The molecule has 1 aliphatic heterocycles. The lowest BCUT2D eigenvalue weighted by atomic mass is 10.3. The molecule has 1 fully saturated rings. The molecule has 9 heteroatoms. The Morgan fingerprint density at radius 2 is 2.14 bits per heavy atom. The minimum atomic E-state index is -3.51. The zero-order valence-corrected chi connectivity index (χ0v) is 14.5. The second-order valence-corrected chi connectivity index (χ2v) is 8.26. The Bertz CT molecular complexity index is 609. The second-order valence-electron chi connectivity index (χ2n) is 5.10. The number of aromatic nitrogens is 1. The van der Waals surface area contributed by atoms with Crippen LogP contribution in [0, 0.1) is 0 Å². The SMILES string of the molecule is CNCCN(C)C(=O)c1cc(S(=O)(=O)N2CCSCC2)c[nH]1. The third-order valence-corrected chi connectivity index (χ3v) is 6.36. The number of nitrogens with zero attached hydrogens (tertiary/aromatic N) is 2. The minimum Gasteiger partial charge on any atom is -0.356 e. The fourth-order valence-corrected chi connectivity index (χ4v) is 4.74. The number of thioether (sulfide) groups is 1. The summed E-state index contributed by atoms with van der Waals surface area (Å²) in [5.41, 5.74) is 0.295. The van der Waals surface area contributed by atoms with E-state index in [0.717, 1.165) is 11.5 Å². The van der Waals surface area contributed by atoms with Crippen molar-refractivity contribution in [2.24, 2.45) is 0 Å². The molecule has 2 heterocycles. The second kappa shape index (κ2) is 7.49. The minimum absolute atomic E-state index is 0.157. The molecule has 0 saturated carbocycles. The number of aromatic amines is 1. The van der Waals surface area contributed by atoms with Gasteiger partial charge in [-0.3, -0.25) is 4.79 Å². The number of hydrogen-bond acceptors (Lipinski definition) is 5. The van der Waals surface area contributed by atoms with E-state index in [0.29, 0.717) is 31.9 Å². The van der Waals surface area contributed by atoms with Crippen LogP contribution in [0.15, 0.2) is 17.2 Å². The molecule has 0 radical (unpaired) electrons. The van der Waals surface area contributed by atoms with E-state index in [1.54, 1.807) is 23.7 Å². The highest BCUT2D eigenvalue weighted by Crippen LogP contribution is 2.21. The van der Waals surface area contributed by atoms with Crippen LogP contribution in [0.25, 0.3) is 0 Å². The number of H-pyrrole nitrogens is 1. The number of amides is 1.